The summed E-state index contributed by atoms with van der Waals surface area (Å²) in [7, 11) is 1.33. The molecule has 0 aliphatic heterocycles. The monoisotopic (exact) mass is 264 g/mol. The summed E-state index contributed by atoms with van der Waals surface area (Å²) in [6.45, 7) is 0.658. The van der Waals surface area contributed by atoms with E-state index in [-0.39, 0.29) is 21.3 Å². The lowest BCUT2D eigenvalue weighted by atomic mass is 10.3. The molecule has 0 radical (unpaired) electrons. The largest absolute Gasteiger partial charge is 0.355 e. The second-order valence-electron chi connectivity index (χ2n) is 3.39. The molecule has 5 nitrogen and oxygen atoms in total. The van der Waals surface area contributed by atoms with Gasteiger partial charge in [-0.1, -0.05) is 0 Å². The number of carbonyl (C=O) groups excluding carboxylic acids is 1. The van der Waals surface area contributed by atoms with Gasteiger partial charge in [0.2, 0.25) is 0 Å². The van der Waals surface area contributed by atoms with Crippen molar-refractivity contribution < 1.29 is 18.5 Å². The molecule has 0 aromatic carbocycles. The number of nitrogens with zero attached hydrogens (tertiary/aromatic N) is 2. The molecule has 17 heavy (non-hydrogen) atoms. The Bertz CT molecular complexity index is 447. The molecule has 0 fully saturated rings. The molecule has 0 unspecified atom stereocenters. The van der Waals surface area contributed by atoms with Gasteiger partial charge in [0.1, 0.15) is 0 Å². The van der Waals surface area contributed by atoms with Crippen LogP contribution in [-0.2, 0) is 0 Å². The minimum atomic E-state index is -2.59. The lowest BCUT2D eigenvalue weighted by Crippen LogP contribution is -2.23. The Morgan fingerprint density at radius 2 is 2.24 bits per heavy atom. The Labute approximate surface area is 99.8 Å². The van der Waals surface area contributed by atoms with E-state index in [0.717, 1.165) is 22.3 Å². The summed E-state index contributed by atoms with van der Waals surface area (Å²) in [6, 6.07) is 1.12. The predicted molar refractivity (Wildman–Crippen MR) is 60.3 cm³/mol. The van der Waals surface area contributed by atoms with E-state index in [0.29, 0.717) is 0 Å². The van der Waals surface area contributed by atoms with Crippen molar-refractivity contribution in [2.45, 2.75) is 13.3 Å². The zero-order chi connectivity index (χ0) is 13.2. The SMILES string of the molecule is CC(=O)c1cc([N+](=O)[O-])c(N(C)CC(F)F)s1. The van der Waals surface area contributed by atoms with Crippen molar-refractivity contribution in [1.29, 1.82) is 0 Å². The normalized spacial score (nSPS) is 10.6. The molecule has 1 aromatic heterocycles. The van der Waals surface area contributed by atoms with Crippen LogP contribution in [0.15, 0.2) is 6.07 Å². The van der Waals surface area contributed by atoms with Crippen molar-refractivity contribution in [3.8, 4) is 0 Å². The zero-order valence-electron chi connectivity index (χ0n) is 9.15. The van der Waals surface area contributed by atoms with Crippen LogP contribution in [0.4, 0.5) is 19.5 Å². The highest BCUT2D eigenvalue weighted by Gasteiger charge is 2.24. The van der Waals surface area contributed by atoms with E-state index in [9.17, 15) is 23.7 Å². The molecule has 0 saturated carbocycles. The van der Waals surface area contributed by atoms with E-state index >= 15 is 0 Å². The topological polar surface area (TPSA) is 63.4 Å². The molecule has 1 heterocycles. The highest BCUT2D eigenvalue weighted by atomic mass is 32.1. The molecule has 0 N–H and O–H groups in total. The Kier molecular flexibility index (Phi) is 4.11. The van der Waals surface area contributed by atoms with E-state index in [1.807, 2.05) is 0 Å². The van der Waals surface area contributed by atoms with Crippen molar-refractivity contribution >= 4 is 27.8 Å². The first-order chi connectivity index (χ1) is 7.82. The number of thiophene rings is 1. The van der Waals surface area contributed by atoms with Crippen LogP contribution in [0.1, 0.15) is 16.6 Å². The molecule has 0 amide bonds. The molecule has 94 valence electrons. The summed E-state index contributed by atoms with van der Waals surface area (Å²) in [5.41, 5.74) is -0.316. The van der Waals surface area contributed by atoms with Gasteiger partial charge in [0.05, 0.1) is 16.3 Å². The number of carbonyl (C=O) groups is 1. The second kappa shape index (κ2) is 5.17. The fourth-order valence-electron chi connectivity index (χ4n) is 1.24. The number of nitro groups is 1. The first-order valence-corrected chi connectivity index (χ1v) is 5.43. The molecule has 0 spiro atoms. The van der Waals surface area contributed by atoms with E-state index in [4.69, 9.17) is 0 Å². The smallest absolute Gasteiger partial charge is 0.304 e. The summed E-state index contributed by atoms with van der Waals surface area (Å²) in [5.74, 6) is -0.324. The molecule has 1 aromatic rings. The van der Waals surface area contributed by atoms with Gasteiger partial charge >= 0.3 is 5.69 Å². The molecule has 0 bridgehead atoms. The van der Waals surface area contributed by atoms with Crippen LogP contribution in [0.2, 0.25) is 0 Å². The fraction of sp³-hybridized carbons (Fsp3) is 0.444. The average Bonchev–Trinajstić information content (AvgIpc) is 2.60. The molecule has 1 rings (SSSR count). The van der Waals surface area contributed by atoms with Crippen molar-refractivity contribution in [1.82, 2.24) is 0 Å². The van der Waals surface area contributed by atoms with E-state index in [1.54, 1.807) is 0 Å². The van der Waals surface area contributed by atoms with Crippen molar-refractivity contribution in [2.24, 2.45) is 0 Å². The van der Waals surface area contributed by atoms with Crippen LogP contribution in [0.3, 0.4) is 0 Å². The van der Waals surface area contributed by atoms with Crippen LogP contribution >= 0.6 is 11.3 Å². The quantitative estimate of drug-likeness (QED) is 0.466. The van der Waals surface area contributed by atoms with Gasteiger partial charge in [0, 0.05) is 13.1 Å². The predicted octanol–water partition coefficient (Wildman–Crippen LogP) is 2.56. The van der Waals surface area contributed by atoms with E-state index < -0.39 is 17.9 Å². The summed E-state index contributed by atoms with van der Waals surface area (Å²) in [6.07, 6.45) is -2.59. The fourth-order valence-corrected chi connectivity index (χ4v) is 2.23. The molecular weight excluding hydrogens is 254 g/mol. The van der Waals surface area contributed by atoms with Gasteiger partial charge in [-0.25, -0.2) is 8.78 Å². The van der Waals surface area contributed by atoms with E-state index in [2.05, 4.69) is 0 Å². The number of hydrogen-bond donors (Lipinski definition) is 0. The standard InChI is InChI=1S/C9H10F2N2O3S/c1-5(14)7-3-6(13(15)16)9(17-7)12(2)4-8(10)11/h3,8H,4H2,1-2H3. The van der Waals surface area contributed by atoms with Gasteiger partial charge in [0.15, 0.2) is 10.8 Å². The maximum Gasteiger partial charge on any atom is 0.304 e. The van der Waals surface area contributed by atoms with Gasteiger partial charge in [-0.05, 0) is 6.92 Å². The summed E-state index contributed by atoms with van der Waals surface area (Å²) in [4.78, 5) is 22.4. The van der Waals surface area contributed by atoms with Crippen LogP contribution in [0.5, 0.6) is 0 Å². The van der Waals surface area contributed by atoms with Crippen LogP contribution < -0.4 is 4.90 Å². The zero-order valence-corrected chi connectivity index (χ0v) is 9.96. The minimum absolute atomic E-state index is 0.0699. The third kappa shape index (κ3) is 3.19. The Morgan fingerprint density at radius 1 is 1.65 bits per heavy atom. The van der Waals surface area contributed by atoms with Crippen molar-refractivity contribution in [3.63, 3.8) is 0 Å². The van der Waals surface area contributed by atoms with Gasteiger partial charge in [-0.15, -0.1) is 11.3 Å². The lowest BCUT2D eigenvalue weighted by Gasteiger charge is -2.15. The number of alkyl halides is 2. The lowest BCUT2D eigenvalue weighted by molar-refractivity contribution is -0.383. The van der Waals surface area contributed by atoms with Crippen LogP contribution in [0, 0.1) is 10.1 Å². The highest BCUT2D eigenvalue weighted by molar-refractivity contribution is 7.18. The van der Waals surface area contributed by atoms with Gasteiger partial charge in [-0.3, -0.25) is 14.9 Å². The number of halogens is 2. The number of Topliss-reactive ketones (excluding diaryl/α,β-unsaturated/α-hetero) is 1. The van der Waals surface area contributed by atoms with Gasteiger partial charge in [-0.2, -0.15) is 0 Å². The highest BCUT2D eigenvalue weighted by Crippen LogP contribution is 2.37. The molecule has 0 atom stereocenters. The van der Waals surface area contributed by atoms with Crippen LogP contribution in [0.25, 0.3) is 0 Å². The molecule has 0 saturated heterocycles. The summed E-state index contributed by atoms with van der Waals surface area (Å²) < 4.78 is 24.4. The second-order valence-corrected chi connectivity index (χ2v) is 4.42. The molecule has 8 heteroatoms. The Balaban J connectivity index is 3.12. The summed E-state index contributed by atoms with van der Waals surface area (Å²) >= 11 is 0.847. The summed E-state index contributed by atoms with van der Waals surface area (Å²) in [5, 5.41) is 10.8. The molecular formula is C9H10F2N2O3S. The maximum atomic E-state index is 12.2. The Morgan fingerprint density at radius 3 is 2.65 bits per heavy atom. The number of anilines is 1. The first kappa shape index (κ1) is 13.5. The van der Waals surface area contributed by atoms with E-state index in [1.165, 1.54) is 14.0 Å². The molecule has 0 aliphatic rings. The molecule has 0 aliphatic carbocycles. The third-order valence-corrected chi connectivity index (χ3v) is 3.34. The number of hydrogen-bond acceptors (Lipinski definition) is 5. The maximum absolute atomic E-state index is 12.2. The first-order valence-electron chi connectivity index (χ1n) is 4.61. The van der Waals surface area contributed by atoms with Crippen molar-refractivity contribution in [3.05, 3.63) is 21.1 Å². The van der Waals surface area contributed by atoms with Crippen molar-refractivity contribution in [2.75, 3.05) is 18.5 Å². The van der Waals surface area contributed by atoms with Crippen LogP contribution in [-0.4, -0.2) is 30.7 Å². The van der Waals surface area contributed by atoms with Gasteiger partial charge in [0.25, 0.3) is 6.43 Å². The minimum Gasteiger partial charge on any atom is -0.355 e. The third-order valence-electron chi connectivity index (χ3n) is 2.00. The Hall–Kier alpha value is -1.57. The van der Waals surface area contributed by atoms with Gasteiger partial charge < -0.3 is 4.90 Å². The number of rotatable bonds is 5. The average molecular weight is 264 g/mol. The number of ketones is 1.